The monoisotopic (exact) mass is 288 g/mol. The van der Waals surface area contributed by atoms with E-state index in [1.165, 1.54) is 19.4 Å². The van der Waals surface area contributed by atoms with E-state index in [2.05, 4.69) is 15.2 Å². The molecule has 1 N–H and O–H groups in total. The Bertz CT molecular complexity index is 493. The number of pyridine rings is 1. The number of carbonyl (C=O) groups is 1. The Morgan fingerprint density at radius 2 is 2.10 bits per heavy atom. The molecular weight excluding hydrogens is 264 g/mol. The van der Waals surface area contributed by atoms with E-state index in [0.717, 1.165) is 49.9 Å². The lowest BCUT2D eigenvalue weighted by Crippen LogP contribution is -2.49. The lowest BCUT2D eigenvalue weighted by Gasteiger charge is -2.35. The zero-order valence-corrected chi connectivity index (χ0v) is 12.7. The summed E-state index contributed by atoms with van der Waals surface area (Å²) in [6.45, 7) is 7.71. The molecule has 1 saturated carbocycles. The average Bonchev–Trinajstić information content (AvgIpc) is 3.32. The number of carbonyl (C=O) groups excluding carboxylic acids is 1. The van der Waals surface area contributed by atoms with Gasteiger partial charge < -0.3 is 10.2 Å². The van der Waals surface area contributed by atoms with Crippen LogP contribution in [-0.4, -0.2) is 60.0 Å². The minimum absolute atomic E-state index is 0.124. The second-order valence-corrected chi connectivity index (χ2v) is 5.99. The van der Waals surface area contributed by atoms with Crippen molar-refractivity contribution in [2.24, 2.45) is 5.92 Å². The van der Waals surface area contributed by atoms with Crippen LogP contribution >= 0.6 is 0 Å². The first-order valence-electron chi connectivity index (χ1n) is 7.97. The molecule has 1 aromatic rings. The fourth-order valence-electron chi connectivity index (χ4n) is 2.88. The first-order valence-corrected chi connectivity index (χ1v) is 7.97. The van der Waals surface area contributed by atoms with Crippen molar-refractivity contribution in [2.45, 2.75) is 19.8 Å². The van der Waals surface area contributed by atoms with Gasteiger partial charge in [0.05, 0.1) is 17.4 Å². The highest BCUT2D eigenvalue weighted by atomic mass is 16.2. The predicted octanol–water partition coefficient (Wildman–Crippen LogP) is 1.68. The highest BCUT2D eigenvalue weighted by Gasteiger charge is 2.28. The van der Waals surface area contributed by atoms with Gasteiger partial charge in [0.25, 0.3) is 5.91 Å². The maximum Gasteiger partial charge on any atom is 0.256 e. The molecule has 3 rings (SSSR count). The molecule has 114 valence electrons. The van der Waals surface area contributed by atoms with Crippen LogP contribution < -0.4 is 5.32 Å². The molecule has 5 heteroatoms. The van der Waals surface area contributed by atoms with Gasteiger partial charge in [0, 0.05) is 45.5 Å². The Kier molecular flexibility index (Phi) is 4.39. The van der Waals surface area contributed by atoms with Gasteiger partial charge in [0.15, 0.2) is 0 Å². The SMILES string of the molecule is CCNc1cnccc1C(=O)N1CCN(CC2CC2)CC1. The van der Waals surface area contributed by atoms with E-state index in [4.69, 9.17) is 0 Å². The van der Waals surface area contributed by atoms with Gasteiger partial charge in [-0.1, -0.05) is 0 Å². The van der Waals surface area contributed by atoms with Crippen molar-refractivity contribution in [3.8, 4) is 0 Å². The van der Waals surface area contributed by atoms with Gasteiger partial charge in [0.1, 0.15) is 0 Å². The van der Waals surface area contributed by atoms with E-state index in [-0.39, 0.29) is 5.91 Å². The summed E-state index contributed by atoms with van der Waals surface area (Å²) in [7, 11) is 0. The van der Waals surface area contributed by atoms with Gasteiger partial charge in [-0.3, -0.25) is 14.7 Å². The maximum atomic E-state index is 12.7. The summed E-state index contributed by atoms with van der Waals surface area (Å²) < 4.78 is 0. The van der Waals surface area contributed by atoms with Crippen molar-refractivity contribution in [1.29, 1.82) is 0 Å². The van der Waals surface area contributed by atoms with Gasteiger partial charge in [-0.05, 0) is 31.7 Å². The largest absolute Gasteiger partial charge is 0.383 e. The van der Waals surface area contributed by atoms with Crippen LogP contribution in [0.4, 0.5) is 5.69 Å². The second kappa shape index (κ2) is 6.43. The molecule has 1 amide bonds. The van der Waals surface area contributed by atoms with Crippen LogP contribution in [0.3, 0.4) is 0 Å². The standard InChI is InChI=1S/C16H24N4O/c1-2-18-15-11-17-6-5-14(15)16(21)20-9-7-19(8-10-20)12-13-3-4-13/h5-6,11,13,18H,2-4,7-10,12H2,1H3. The number of rotatable bonds is 5. The summed E-state index contributed by atoms with van der Waals surface area (Å²) in [4.78, 5) is 21.2. The number of piperazine rings is 1. The van der Waals surface area contributed by atoms with Crippen molar-refractivity contribution < 1.29 is 4.79 Å². The van der Waals surface area contributed by atoms with Crippen molar-refractivity contribution in [3.63, 3.8) is 0 Å². The van der Waals surface area contributed by atoms with Crippen LogP contribution in [-0.2, 0) is 0 Å². The molecule has 0 radical (unpaired) electrons. The summed E-state index contributed by atoms with van der Waals surface area (Å²) in [5.74, 6) is 1.05. The van der Waals surface area contributed by atoms with Gasteiger partial charge in [-0.25, -0.2) is 0 Å². The van der Waals surface area contributed by atoms with E-state index in [9.17, 15) is 4.79 Å². The van der Waals surface area contributed by atoms with E-state index >= 15 is 0 Å². The van der Waals surface area contributed by atoms with Gasteiger partial charge in [-0.15, -0.1) is 0 Å². The summed E-state index contributed by atoms with van der Waals surface area (Å²) in [5, 5.41) is 3.22. The Balaban J connectivity index is 1.60. The molecule has 2 aliphatic rings. The summed E-state index contributed by atoms with van der Waals surface area (Å²) in [5.41, 5.74) is 1.58. The fraction of sp³-hybridized carbons (Fsp3) is 0.625. The Hall–Kier alpha value is -1.62. The van der Waals surface area contributed by atoms with Crippen LogP contribution in [0.5, 0.6) is 0 Å². The molecule has 2 heterocycles. The van der Waals surface area contributed by atoms with Gasteiger partial charge in [0.2, 0.25) is 0 Å². The molecule has 5 nitrogen and oxygen atoms in total. The summed E-state index contributed by atoms with van der Waals surface area (Å²) >= 11 is 0. The lowest BCUT2D eigenvalue weighted by atomic mass is 10.1. The Morgan fingerprint density at radius 1 is 1.33 bits per heavy atom. The summed E-state index contributed by atoms with van der Waals surface area (Å²) in [6.07, 6.45) is 6.21. The van der Waals surface area contributed by atoms with E-state index in [1.54, 1.807) is 12.4 Å². The maximum absolute atomic E-state index is 12.7. The summed E-state index contributed by atoms with van der Waals surface area (Å²) in [6, 6.07) is 1.82. The van der Waals surface area contributed by atoms with Crippen LogP contribution in [0.25, 0.3) is 0 Å². The van der Waals surface area contributed by atoms with Crippen molar-refractivity contribution in [3.05, 3.63) is 24.0 Å². The molecule has 0 spiro atoms. The van der Waals surface area contributed by atoms with Crippen LogP contribution in [0, 0.1) is 5.92 Å². The number of nitrogens with zero attached hydrogens (tertiary/aromatic N) is 3. The molecule has 1 saturated heterocycles. The minimum Gasteiger partial charge on any atom is -0.383 e. The normalized spacial score (nSPS) is 19.6. The van der Waals surface area contributed by atoms with Crippen molar-refractivity contribution in [2.75, 3.05) is 44.6 Å². The topological polar surface area (TPSA) is 48.5 Å². The third-order valence-corrected chi connectivity index (χ3v) is 4.29. The molecule has 1 aliphatic heterocycles. The minimum atomic E-state index is 0.124. The third kappa shape index (κ3) is 3.53. The van der Waals surface area contributed by atoms with E-state index < -0.39 is 0 Å². The third-order valence-electron chi connectivity index (χ3n) is 4.29. The molecule has 0 aromatic carbocycles. The van der Waals surface area contributed by atoms with Crippen molar-refractivity contribution >= 4 is 11.6 Å². The zero-order chi connectivity index (χ0) is 14.7. The number of nitrogens with one attached hydrogen (secondary N) is 1. The van der Waals surface area contributed by atoms with Crippen LogP contribution in [0.15, 0.2) is 18.5 Å². The highest BCUT2D eigenvalue weighted by molar-refractivity contribution is 5.99. The lowest BCUT2D eigenvalue weighted by molar-refractivity contribution is 0.0633. The number of aromatic nitrogens is 1. The molecule has 0 unspecified atom stereocenters. The zero-order valence-electron chi connectivity index (χ0n) is 12.7. The van der Waals surface area contributed by atoms with Crippen LogP contribution in [0.2, 0.25) is 0 Å². The number of hydrogen-bond acceptors (Lipinski definition) is 4. The molecule has 0 bridgehead atoms. The fourth-order valence-corrected chi connectivity index (χ4v) is 2.88. The molecule has 1 aromatic heterocycles. The van der Waals surface area contributed by atoms with Gasteiger partial charge >= 0.3 is 0 Å². The van der Waals surface area contributed by atoms with Gasteiger partial charge in [-0.2, -0.15) is 0 Å². The number of hydrogen-bond donors (Lipinski definition) is 1. The smallest absolute Gasteiger partial charge is 0.256 e. The number of amides is 1. The molecular formula is C16H24N4O. The van der Waals surface area contributed by atoms with Crippen molar-refractivity contribution in [1.82, 2.24) is 14.8 Å². The van der Waals surface area contributed by atoms with E-state index in [0.29, 0.717) is 0 Å². The molecule has 1 aliphatic carbocycles. The van der Waals surface area contributed by atoms with Crippen LogP contribution in [0.1, 0.15) is 30.1 Å². The quantitative estimate of drug-likeness (QED) is 0.895. The second-order valence-electron chi connectivity index (χ2n) is 5.99. The Morgan fingerprint density at radius 3 is 2.76 bits per heavy atom. The predicted molar refractivity (Wildman–Crippen MR) is 83.5 cm³/mol. The van der Waals surface area contributed by atoms with E-state index in [1.807, 2.05) is 17.9 Å². The molecule has 0 atom stereocenters. The first-order chi connectivity index (χ1) is 10.3. The molecule has 2 fully saturated rings. The Labute approximate surface area is 126 Å². The number of anilines is 1. The average molecular weight is 288 g/mol. The molecule has 21 heavy (non-hydrogen) atoms. The highest BCUT2D eigenvalue weighted by Crippen LogP contribution is 2.30. The first kappa shape index (κ1) is 14.3.